The number of carbonyl (C=O) groups is 2. The van der Waals surface area contributed by atoms with E-state index in [1.807, 2.05) is 107 Å². The van der Waals surface area contributed by atoms with Gasteiger partial charge in [0.05, 0.1) is 46.5 Å². The number of ether oxygens (including phenoxy) is 4. The molecule has 2 aliphatic heterocycles. The molecule has 2 aliphatic rings. The van der Waals surface area contributed by atoms with E-state index in [2.05, 4.69) is 32.9 Å². The third-order valence-corrected chi connectivity index (χ3v) is 14.4. The van der Waals surface area contributed by atoms with Crippen molar-refractivity contribution in [2.24, 2.45) is 5.92 Å². The van der Waals surface area contributed by atoms with Gasteiger partial charge in [-0.05, 0) is 87.4 Å². The molecular weight excluding hydrogens is 945 g/mol. The lowest BCUT2D eigenvalue weighted by molar-refractivity contribution is -0.180. The van der Waals surface area contributed by atoms with Gasteiger partial charge in [0, 0.05) is 23.7 Å². The van der Waals surface area contributed by atoms with Crippen LogP contribution >= 0.6 is 8.53 Å². The van der Waals surface area contributed by atoms with Crippen molar-refractivity contribution in [3.8, 4) is 29.4 Å². The molecule has 0 aliphatic carbocycles. The first-order chi connectivity index (χ1) is 33.8. The van der Waals surface area contributed by atoms with Crippen LogP contribution in [0.3, 0.4) is 0 Å². The molecule has 4 aromatic rings. The number of amides is 2. The number of H-pyrrole nitrogens is 1. The number of hydrogen-bond donors (Lipinski definition) is 3. The van der Waals surface area contributed by atoms with Crippen molar-refractivity contribution in [2.75, 3.05) is 34.0 Å². The summed E-state index contributed by atoms with van der Waals surface area (Å²) in [6.07, 6.45) is -6.97. The second-order valence-corrected chi connectivity index (χ2v) is 19.6. The van der Waals surface area contributed by atoms with Crippen molar-refractivity contribution in [3.05, 3.63) is 128 Å². The van der Waals surface area contributed by atoms with E-state index in [9.17, 15) is 37.6 Å². The highest BCUT2D eigenvalue weighted by atomic mass is 31.2. The summed E-state index contributed by atoms with van der Waals surface area (Å²) in [5, 5.41) is 13.7. The Balaban J connectivity index is 1.47. The second kappa shape index (κ2) is 23.5. The SMILES string of the molecule is COc1ccc(C(C[C@]23CO[C@@H](C2OP(OCCC#N)N(C(C)C)C(C)C)[C@H](n2cc(C#CCNC(=O)C(CC(C)C)NC(=O)C(F)(F)F)c(=O)[nH]c2=O)O3)(c2ccccc2)c2ccc(OC)cc2)cc1. The topological polar surface area (TPSA) is 195 Å². The Morgan fingerprint density at radius 3 is 2.06 bits per heavy atom. The Morgan fingerprint density at radius 1 is 0.930 bits per heavy atom. The Bertz CT molecular complexity index is 2630. The molecule has 6 rings (SSSR count). The predicted octanol–water partition coefficient (Wildman–Crippen LogP) is 6.87. The first-order valence-electron chi connectivity index (χ1n) is 23.2. The number of nitrogens with one attached hydrogen (secondary N) is 3. The summed E-state index contributed by atoms with van der Waals surface area (Å²) in [5.41, 5.74) is -1.68. The molecule has 3 heterocycles. The second-order valence-electron chi connectivity index (χ2n) is 18.2. The van der Waals surface area contributed by atoms with Crippen molar-refractivity contribution < 1.29 is 50.8 Å². The van der Waals surface area contributed by atoms with Gasteiger partial charge in [-0.1, -0.05) is 80.3 Å². The number of fused-ring (bicyclic) bond motifs is 2. The molecule has 16 nitrogen and oxygen atoms in total. The number of methoxy groups -OCH3 is 2. The molecule has 0 spiro atoms. The minimum absolute atomic E-state index is 0.00382. The molecule has 380 valence electrons. The van der Waals surface area contributed by atoms with Crippen LogP contribution in [0.5, 0.6) is 11.5 Å². The maximum atomic E-state index is 14.0. The van der Waals surface area contributed by atoms with Gasteiger partial charge in [-0.3, -0.25) is 23.9 Å². The van der Waals surface area contributed by atoms with Crippen LogP contribution < -0.4 is 31.4 Å². The highest BCUT2D eigenvalue weighted by Gasteiger charge is 2.66. The first kappa shape index (κ1) is 54.3. The van der Waals surface area contributed by atoms with Crippen molar-refractivity contribution in [1.29, 1.82) is 5.26 Å². The average Bonchev–Trinajstić information content (AvgIpc) is 3.82. The monoisotopic (exact) mass is 1000 g/mol. The van der Waals surface area contributed by atoms with Crippen LogP contribution in [-0.2, 0) is 33.5 Å². The van der Waals surface area contributed by atoms with Crippen LogP contribution in [0, 0.1) is 29.1 Å². The van der Waals surface area contributed by atoms with Crippen LogP contribution in [0.25, 0.3) is 0 Å². The largest absolute Gasteiger partial charge is 0.497 e. The standard InChI is InChI=1S/C51H60F3N6O10P/c1-32(2)28-41(57-47(63)51(52,53)54)45(62)56-26-12-14-35-29-59(48(64)58-44(35)61)46-42-43(70-71(68-27-13-25-55)60(33(3)4)34(5)6)49(69-46,31-67-42)30-50(36-15-10-9-11-16-36,37-17-21-39(65-7)22-18-37)38-19-23-40(66-8)24-20-38/h9-11,15-24,29,32-34,41-43,46H,13,26-28,30-31H2,1-8H3,(H,56,62)(H,57,63)(H,58,61,64)/t41?,42-,43?,46+,49-,71?/m0/s1. The van der Waals surface area contributed by atoms with E-state index in [1.54, 1.807) is 33.4 Å². The summed E-state index contributed by atoms with van der Waals surface area (Å²) >= 11 is 0. The molecule has 6 atom stereocenters. The highest BCUT2D eigenvalue weighted by molar-refractivity contribution is 7.44. The minimum atomic E-state index is -5.20. The third kappa shape index (κ3) is 12.4. The summed E-state index contributed by atoms with van der Waals surface area (Å²) in [6, 6.07) is 25.8. The Hall–Kier alpha value is -6.05. The summed E-state index contributed by atoms with van der Waals surface area (Å²) in [5.74, 6) is 3.14. The van der Waals surface area contributed by atoms with E-state index < -0.39 is 79.8 Å². The molecule has 0 saturated carbocycles. The van der Waals surface area contributed by atoms with Crippen molar-refractivity contribution in [2.45, 2.75) is 115 Å². The summed E-state index contributed by atoms with van der Waals surface area (Å²) in [7, 11) is 1.25. The summed E-state index contributed by atoms with van der Waals surface area (Å²) in [6.45, 7) is 11.1. The quantitative estimate of drug-likeness (QED) is 0.0340. The Morgan fingerprint density at radius 2 is 1.52 bits per heavy atom. The number of nitrogens with zero attached hydrogens (tertiary/aromatic N) is 3. The van der Waals surface area contributed by atoms with Gasteiger partial charge in [-0.15, -0.1) is 0 Å². The van der Waals surface area contributed by atoms with Gasteiger partial charge < -0.3 is 38.6 Å². The lowest BCUT2D eigenvalue weighted by atomic mass is 9.63. The molecule has 20 heteroatoms. The Labute approximate surface area is 412 Å². The lowest BCUT2D eigenvalue weighted by Gasteiger charge is -2.44. The predicted molar refractivity (Wildman–Crippen MR) is 258 cm³/mol. The highest BCUT2D eigenvalue weighted by Crippen LogP contribution is 2.59. The van der Waals surface area contributed by atoms with Gasteiger partial charge >= 0.3 is 17.8 Å². The van der Waals surface area contributed by atoms with E-state index >= 15 is 0 Å². The fraction of sp³-hybridized carbons (Fsp3) is 0.471. The normalized spacial score (nSPS) is 19.5. The van der Waals surface area contributed by atoms with E-state index in [0.29, 0.717) is 11.5 Å². The number of halogens is 3. The number of rotatable bonds is 21. The molecule has 1 aromatic heterocycles. The molecule has 2 bridgehead atoms. The zero-order valence-corrected chi connectivity index (χ0v) is 41.8. The van der Waals surface area contributed by atoms with E-state index in [0.717, 1.165) is 16.7 Å². The number of aromatic nitrogens is 2. The summed E-state index contributed by atoms with van der Waals surface area (Å²) in [4.78, 5) is 54.3. The maximum Gasteiger partial charge on any atom is 0.471 e. The number of benzene rings is 3. The van der Waals surface area contributed by atoms with Crippen LogP contribution in [0.2, 0.25) is 0 Å². The lowest BCUT2D eigenvalue weighted by Crippen LogP contribution is -2.51. The number of aromatic amines is 1. The van der Waals surface area contributed by atoms with Crippen LogP contribution in [0.4, 0.5) is 13.2 Å². The van der Waals surface area contributed by atoms with Crippen molar-refractivity contribution >= 4 is 20.3 Å². The van der Waals surface area contributed by atoms with Crippen molar-refractivity contribution in [1.82, 2.24) is 24.9 Å². The molecule has 71 heavy (non-hydrogen) atoms. The minimum Gasteiger partial charge on any atom is -0.497 e. The zero-order chi connectivity index (χ0) is 51.7. The van der Waals surface area contributed by atoms with Crippen LogP contribution in [0.15, 0.2) is 94.6 Å². The number of alkyl halides is 3. The smallest absolute Gasteiger partial charge is 0.471 e. The first-order valence-corrected chi connectivity index (χ1v) is 24.3. The zero-order valence-electron chi connectivity index (χ0n) is 40.9. The van der Waals surface area contributed by atoms with Gasteiger partial charge in [-0.25, -0.2) is 9.46 Å². The molecular formula is C51H60F3N6O10P. The van der Waals surface area contributed by atoms with Crippen molar-refractivity contribution in [3.63, 3.8) is 0 Å². The Kier molecular flexibility index (Phi) is 17.9. The van der Waals surface area contributed by atoms with E-state index in [1.165, 1.54) is 10.8 Å². The number of carbonyl (C=O) groups excluding carboxylic acids is 2. The molecule has 3 N–H and O–H groups in total. The molecule has 0 radical (unpaired) electrons. The van der Waals surface area contributed by atoms with Crippen LogP contribution in [-0.4, -0.2) is 102 Å². The molecule has 2 saturated heterocycles. The van der Waals surface area contributed by atoms with Gasteiger partial charge in [-0.2, -0.15) is 18.4 Å². The number of nitriles is 1. The maximum absolute atomic E-state index is 14.0. The van der Waals surface area contributed by atoms with E-state index in [-0.39, 0.29) is 56.0 Å². The van der Waals surface area contributed by atoms with E-state index in [4.69, 9.17) is 28.0 Å². The fourth-order valence-corrected chi connectivity index (χ4v) is 10.9. The number of hydrogen-bond acceptors (Lipinski definition) is 12. The van der Waals surface area contributed by atoms with Crippen LogP contribution in [0.1, 0.15) is 89.3 Å². The van der Waals surface area contributed by atoms with Gasteiger partial charge in [0.2, 0.25) is 5.91 Å². The third-order valence-electron chi connectivity index (χ3n) is 12.2. The van der Waals surface area contributed by atoms with Gasteiger partial charge in [0.1, 0.15) is 40.9 Å². The summed E-state index contributed by atoms with van der Waals surface area (Å²) < 4.78 is 81.2. The molecule has 2 amide bonds. The molecule has 2 fully saturated rings. The molecule has 3 unspecified atom stereocenters. The molecule has 3 aromatic carbocycles. The van der Waals surface area contributed by atoms with Gasteiger partial charge in [0.25, 0.3) is 14.1 Å². The van der Waals surface area contributed by atoms with Gasteiger partial charge in [0.15, 0.2) is 6.23 Å². The average molecular weight is 1010 g/mol. The fourth-order valence-electron chi connectivity index (χ4n) is 9.13.